The van der Waals surface area contributed by atoms with Crippen LogP contribution in [0, 0.1) is 0 Å². The molecule has 0 aliphatic heterocycles. The summed E-state index contributed by atoms with van der Waals surface area (Å²) >= 11 is 1.36. The van der Waals surface area contributed by atoms with Crippen LogP contribution in [0.15, 0.2) is 16.3 Å². The van der Waals surface area contributed by atoms with Crippen molar-refractivity contribution in [3.8, 4) is 0 Å². The second kappa shape index (κ2) is 7.85. The third-order valence-electron chi connectivity index (χ3n) is 2.25. The topological polar surface area (TPSA) is 81.4 Å². The van der Waals surface area contributed by atoms with E-state index in [9.17, 15) is 8.42 Å². The summed E-state index contributed by atoms with van der Waals surface area (Å²) in [6.45, 7) is 4.09. The maximum absolute atomic E-state index is 11.9. The summed E-state index contributed by atoms with van der Waals surface area (Å²) in [6.07, 6.45) is 1.65. The van der Waals surface area contributed by atoms with Gasteiger partial charge >= 0.3 is 0 Å². The van der Waals surface area contributed by atoms with Gasteiger partial charge in [-0.15, -0.1) is 11.3 Å². The minimum absolute atomic E-state index is 0.294. The normalized spacial score (nSPS) is 11.9. The molecule has 1 heterocycles. The number of rotatable bonds is 9. The van der Waals surface area contributed by atoms with Crippen molar-refractivity contribution in [2.75, 3.05) is 19.8 Å². The molecule has 104 valence electrons. The van der Waals surface area contributed by atoms with Crippen molar-refractivity contribution in [3.63, 3.8) is 0 Å². The predicted octanol–water partition coefficient (Wildman–Crippen LogP) is 1.30. The number of ether oxygens (including phenoxy) is 1. The molecule has 0 unspecified atom stereocenters. The Morgan fingerprint density at radius 3 is 2.83 bits per heavy atom. The number of sulfonamides is 1. The summed E-state index contributed by atoms with van der Waals surface area (Å²) in [5.74, 6) is 0. The second-order valence-corrected chi connectivity index (χ2v) is 6.58. The Kier molecular flexibility index (Phi) is 6.80. The lowest BCUT2D eigenvalue weighted by Gasteiger charge is -2.05. The Morgan fingerprint density at radius 2 is 2.22 bits per heavy atom. The summed E-state index contributed by atoms with van der Waals surface area (Å²) in [7, 11) is -3.39. The molecular weight excluding hydrogens is 272 g/mol. The van der Waals surface area contributed by atoms with Crippen LogP contribution < -0.4 is 10.5 Å². The van der Waals surface area contributed by atoms with Gasteiger partial charge in [0.15, 0.2) is 0 Å². The van der Waals surface area contributed by atoms with Crippen molar-refractivity contribution < 1.29 is 13.2 Å². The monoisotopic (exact) mass is 292 g/mol. The van der Waals surface area contributed by atoms with Gasteiger partial charge in [0.05, 0.1) is 4.90 Å². The van der Waals surface area contributed by atoms with Gasteiger partial charge in [-0.05, 0) is 18.9 Å². The molecule has 7 heteroatoms. The molecule has 1 aromatic rings. The molecule has 0 spiro atoms. The lowest BCUT2D eigenvalue weighted by molar-refractivity contribution is 0.133. The highest BCUT2D eigenvalue weighted by molar-refractivity contribution is 7.89. The molecule has 0 fully saturated rings. The smallest absolute Gasteiger partial charge is 0.241 e. The van der Waals surface area contributed by atoms with E-state index < -0.39 is 10.0 Å². The first-order chi connectivity index (χ1) is 8.60. The van der Waals surface area contributed by atoms with Crippen molar-refractivity contribution in [2.24, 2.45) is 5.73 Å². The predicted molar refractivity (Wildman–Crippen MR) is 73.1 cm³/mol. The van der Waals surface area contributed by atoms with Crippen molar-refractivity contribution in [3.05, 3.63) is 16.3 Å². The highest BCUT2D eigenvalue weighted by atomic mass is 32.2. The number of hydrogen-bond acceptors (Lipinski definition) is 5. The molecule has 0 saturated heterocycles. The van der Waals surface area contributed by atoms with Crippen LogP contribution in [0.5, 0.6) is 0 Å². The Bertz CT molecular complexity index is 443. The summed E-state index contributed by atoms with van der Waals surface area (Å²) in [5.41, 5.74) is 5.45. The van der Waals surface area contributed by atoms with Gasteiger partial charge in [-0.25, -0.2) is 13.1 Å². The molecule has 18 heavy (non-hydrogen) atoms. The van der Waals surface area contributed by atoms with E-state index in [-0.39, 0.29) is 0 Å². The maximum atomic E-state index is 11.9. The molecule has 5 nitrogen and oxygen atoms in total. The minimum atomic E-state index is -3.39. The van der Waals surface area contributed by atoms with E-state index >= 15 is 0 Å². The zero-order chi connectivity index (χ0) is 13.4. The first-order valence-electron chi connectivity index (χ1n) is 5.95. The fourth-order valence-corrected chi connectivity index (χ4v) is 3.55. The molecule has 1 aromatic heterocycles. The van der Waals surface area contributed by atoms with E-state index in [4.69, 9.17) is 10.5 Å². The maximum Gasteiger partial charge on any atom is 0.241 e. The summed E-state index contributed by atoms with van der Waals surface area (Å²) in [4.78, 5) is 1.16. The van der Waals surface area contributed by atoms with Crippen LogP contribution in [0.2, 0.25) is 0 Å². The van der Waals surface area contributed by atoms with Gasteiger partial charge in [0.25, 0.3) is 0 Å². The van der Waals surface area contributed by atoms with Crippen LogP contribution in [0.4, 0.5) is 0 Å². The first-order valence-corrected chi connectivity index (χ1v) is 8.31. The summed E-state index contributed by atoms with van der Waals surface area (Å²) < 4.78 is 31.6. The third kappa shape index (κ3) is 5.03. The van der Waals surface area contributed by atoms with Gasteiger partial charge in [0, 0.05) is 36.6 Å². The molecule has 0 amide bonds. The lowest BCUT2D eigenvalue weighted by Crippen LogP contribution is -2.25. The largest absolute Gasteiger partial charge is 0.381 e. The van der Waals surface area contributed by atoms with E-state index in [1.807, 2.05) is 6.92 Å². The van der Waals surface area contributed by atoms with Gasteiger partial charge in [-0.3, -0.25) is 0 Å². The van der Waals surface area contributed by atoms with E-state index in [1.165, 1.54) is 11.3 Å². The Labute approximate surface area is 112 Å². The van der Waals surface area contributed by atoms with Crippen LogP contribution in [-0.2, 0) is 21.3 Å². The molecule has 0 aliphatic carbocycles. The van der Waals surface area contributed by atoms with E-state index in [2.05, 4.69) is 4.72 Å². The number of thiophene rings is 1. The van der Waals surface area contributed by atoms with Crippen LogP contribution in [0.3, 0.4) is 0 Å². The van der Waals surface area contributed by atoms with Crippen LogP contribution >= 0.6 is 11.3 Å². The highest BCUT2D eigenvalue weighted by Gasteiger charge is 2.14. The molecule has 0 aliphatic rings. The van der Waals surface area contributed by atoms with Crippen molar-refractivity contribution >= 4 is 21.4 Å². The van der Waals surface area contributed by atoms with Gasteiger partial charge in [0.1, 0.15) is 0 Å². The zero-order valence-corrected chi connectivity index (χ0v) is 12.1. The fraction of sp³-hybridized carbons (Fsp3) is 0.636. The number of nitrogens with two attached hydrogens (primary N) is 1. The van der Waals surface area contributed by atoms with Gasteiger partial charge in [0.2, 0.25) is 10.0 Å². The number of hydrogen-bond donors (Lipinski definition) is 2. The van der Waals surface area contributed by atoms with Crippen LogP contribution in [-0.4, -0.2) is 28.2 Å². The Hall–Kier alpha value is -0.470. The van der Waals surface area contributed by atoms with E-state index in [0.29, 0.717) is 31.0 Å². The molecule has 0 saturated carbocycles. The van der Waals surface area contributed by atoms with Crippen molar-refractivity contribution in [1.82, 2.24) is 4.72 Å². The van der Waals surface area contributed by atoms with Crippen molar-refractivity contribution in [1.29, 1.82) is 0 Å². The standard InChI is InChI=1S/C11H20N2O3S2/c1-2-5-16-6-3-4-13-18(14,15)11-7-10(8-12)17-9-11/h7,9,13H,2-6,8,12H2,1H3. The molecule has 3 N–H and O–H groups in total. The quantitative estimate of drug-likeness (QED) is 0.672. The van der Waals surface area contributed by atoms with Crippen LogP contribution in [0.1, 0.15) is 24.6 Å². The minimum Gasteiger partial charge on any atom is -0.381 e. The Balaban J connectivity index is 2.36. The molecule has 0 bridgehead atoms. The SMILES string of the molecule is CCCOCCCNS(=O)(=O)c1csc(CN)c1. The number of nitrogens with one attached hydrogen (secondary N) is 1. The second-order valence-electron chi connectivity index (χ2n) is 3.82. The fourth-order valence-electron chi connectivity index (χ4n) is 1.32. The summed E-state index contributed by atoms with van der Waals surface area (Å²) in [6, 6.07) is 1.61. The molecule has 0 aromatic carbocycles. The van der Waals surface area contributed by atoms with Gasteiger partial charge in [-0.2, -0.15) is 0 Å². The molecule has 0 atom stereocenters. The first kappa shape index (κ1) is 15.6. The van der Waals surface area contributed by atoms with Gasteiger partial charge < -0.3 is 10.5 Å². The zero-order valence-electron chi connectivity index (χ0n) is 10.5. The van der Waals surface area contributed by atoms with Crippen molar-refractivity contribution in [2.45, 2.75) is 31.2 Å². The highest BCUT2D eigenvalue weighted by Crippen LogP contribution is 2.18. The van der Waals surface area contributed by atoms with Crippen LogP contribution in [0.25, 0.3) is 0 Å². The van der Waals surface area contributed by atoms with E-state index in [0.717, 1.165) is 17.9 Å². The average molecular weight is 292 g/mol. The lowest BCUT2D eigenvalue weighted by atomic mass is 10.4. The third-order valence-corrected chi connectivity index (χ3v) is 4.80. The Morgan fingerprint density at radius 1 is 1.44 bits per heavy atom. The molecule has 0 radical (unpaired) electrons. The van der Waals surface area contributed by atoms with Gasteiger partial charge in [-0.1, -0.05) is 6.92 Å². The molecule has 1 rings (SSSR count). The summed E-state index contributed by atoms with van der Waals surface area (Å²) in [5, 5.41) is 1.61. The molecular formula is C11H20N2O3S2. The van der Waals surface area contributed by atoms with E-state index in [1.54, 1.807) is 11.4 Å². The average Bonchev–Trinajstić information content (AvgIpc) is 2.83.